The van der Waals surface area contributed by atoms with Gasteiger partial charge in [0, 0.05) is 11.8 Å². The molecule has 42 rings (SSSR count). The van der Waals surface area contributed by atoms with E-state index in [0.717, 1.165) is 25.7 Å². The van der Waals surface area contributed by atoms with E-state index in [1.807, 2.05) is 0 Å². The fourth-order valence-electron chi connectivity index (χ4n) is 32.8. The lowest BCUT2D eigenvalue weighted by atomic mass is 9.54. The van der Waals surface area contributed by atoms with Gasteiger partial charge in [-0.1, -0.05) is 84.9 Å². The third-order valence-corrected chi connectivity index (χ3v) is 34.8. The number of hydrogen-bond donors (Lipinski definition) is 0. The molecule has 0 fully saturated rings. The maximum atomic E-state index is 2.83. The van der Waals surface area contributed by atoms with E-state index in [1.54, 1.807) is 254 Å². The van der Waals surface area contributed by atoms with Crippen molar-refractivity contribution in [3.63, 3.8) is 0 Å². The average Bonchev–Trinajstić information content (AvgIpc) is 0.756. The van der Waals surface area contributed by atoms with Crippen molar-refractivity contribution in [2.75, 3.05) is 0 Å². The topological polar surface area (TPSA) is 0 Å². The lowest BCUT2D eigenvalue weighted by Gasteiger charge is -2.47. The van der Waals surface area contributed by atoms with Gasteiger partial charge in [-0.2, -0.15) is 0 Å². The van der Waals surface area contributed by atoms with Crippen LogP contribution in [0.3, 0.4) is 0 Å². The van der Waals surface area contributed by atoms with Crippen LogP contribution in [0.2, 0.25) is 0 Å². The SMILES string of the molecule is c1cc2c3c(c1)c1cc4cc5ccc6c7ccc8c9c%10c(cc%11c%12cc%13c%14c%15c(cccc%15c%15cc%16cc%17ccc%18c%19ccc%20c%21c%19c%19c%22c%23c%24c%25c%26c%27c%28c%29c%30c(c-%21c(cc%30c%21cc(c3c3c%21c%29c%21c%27c%27c(c5c6c5c(c79)c6c%10c%11c7c9c%12c%14c%15c%10c%16c(c%17c%18%22)c%23c(c%25c7c6c%26c5%27)c%109)c4c%21c13)C2)C%20)C%19C%28%24)C%13)C8. The summed E-state index contributed by atoms with van der Waals surface area (Å²) in [6.45, 7) is 0. The van der Waals surface area contributed by atoms with Crippen LogP contribution in [0.1, 0.15) is 78.6 Å². The zero-order valence-electron chi connectivity index (χ0n) is 56.7. The fraction of sp³-hybridized carbons (Fsp3) is 0.0556. The van der Waals surface area contributed by atoms with Gasteiger partial charge < -0.3 is 0 Å². The number of rotatable bonds is 0. The molecule has 0 aromatic heterocycles. The lowest BCUT2D eigenvalue weighted by molar-refractivity contribution is 0.713. The van der Waals surface area contributed by atoms with E-state index in [4.69, 9.17) is 0 Å². The second-order valence-electron chi connectivity index (χ2n) is 37.3. The van der Waals surface area contributed by atoms with E-state index in [9.17, 15) is 0 Å². The molecule has 0 aliphatic heterocycles. The summed E-state index contributed by atoms with van der Waals surface area (Å²) in [5.74, 6) is 0.213. The van der Waals surface area contributed by atoms with Gasteiger partial charge in [0.15, 0.2) is 0 Å². The summed E-state index contributed by atoms with van der Waals surface area (Å²) < 4.78 is 0. The van der Waals surface area contributed by atoms with Gasteiger partial charge in [0.25, 0.3) is 0 Å². The van der Waals surface area contributed by atoms with Crippen LogP contribution in [0.4, 0.5) is 0 Å². The molecule has 8 aliphatic carbocycles. The Morgan fingerprint density at radius 1 is 0.139 bits per heavy atom. The zero-order valence-corrected chi connectivity index (χ0v) is 56.7. The minimum absolute atomic E-state index is 0.0859. The molecule has 34 aromatic rings. The number of benzene rings is 34. The van der Waals surface area contributed by atoms with Crippen LogP contribution in [0.5, 0.6) is 0 Å². The molecule has 0 N–H and O–H groups in total. The molecule has 2 unspecified atom stereocenters. The summed E-state index contributed by atoms with van der Waals surface area (Å²) in [5.41, 5.74) is 22.2. The summed E-state index contributed by atoms with van der Waals surface area (Å²) in [6, 6.07) is 58.0. The Kier molecular flexibility index (Phi) is 5.04. The summed E-state index contributed by atoms with van der Waals surface area (Å²) in [6.07, 6.45) is 3.90. The molecule has 0 spiro atoms. The van der Waals surface area contributed by atoms with Gasteiger partial charge in [0.05, 0.1) is 0 Å². The normalized spacial score (nSPS) is 17.9. The minimum atomic E-state index is 0.0859. The van der Waals surface area contributed by atoms with Crippen LogP contribution in [0, 0.1) is 0 Å². The molecule has 0 saturated heterocycles. The highest BCUT2D eigenvalue weighted by Crippen LogP contribution is 2.78. The van der Waals surface area contributed by atoms with Crippen LogP contribution in [0.25, 0.3) is 367 Å². The molecular weight excluding hydrogens is 1300 g/mol. The van der Waals surface area contributed by atoms with Gasteiger partial charge in [-0.05, 0) is 508 Å². The van der Waals surface area contributed by atoms with Gasteiger partial charge in [-0.25, -0.2) is 0 Å². The van der Waals surface area contributed by atoms with E-state index in [0.29, 0.717) is 0 Å². The molecule has 0 heteroatoms. The van der Waals surface area contributed by atoms with Crippen molar-refractivity contribution in [2.45, 2.75) is 37.5 Å². The molecule has 108 heavy (non-hydrogen) atoms. The third-order valence-electron chi connectivity index (χ3n) is 34.8. The van der Waals surface area contributed by atoms with E-state index in [-0.39, 0.29) is 11.8 Å². The monoisotopic (exact) mass is 1330 g/mol. The Bertz CT molecular complexity index is 11100. The van der Waals surface area contributed by atoms with Crippen molar-refractivity contribution >= 4 is 355 Å². The summed E-state index contributed by atoms with van der Waals surface area (Å²) in [5, 5.41) is 102. The van der Waals surface area contributed by atoms with Crippen LogP contribution in [-0.2, 0) is 25.7 Å². The molecule has 0 radical (unpaired) electrons. The third kappa shape index (κ3) is 3.29. The van der Waals surface area contributed by atoms with Crippen molar-refractivity contribution < 1.29 is 0 Å². The fourth-order valence-corrected chi connectivity index (χ4v) is 32.8. The Morgan fingerprint density at radius 3 is 0.972 bits per heavy atom. The maximum Gasteiger partial charge on any atom is 0.0225 e. The highest BCUT2D eigenvalue weighted by atomic mass is 14.6. The molecule has 8 aliphatic rings. The van der Waals surface area contributed by atoms with Gasteiger partial charge >= 0.3 is 0 Å². The summed E-state index contributed by atoms with van der Waals surface area (Å²) in [4.78, 5) is 0. The predicted molar refractivity (Wildman–Crippen MR) is 459 cm³/mol. The first-order valence-corrected chi connectivity index (χ1v) is 40.1. The molecule has 0 amide bonds. The van der Waals surface area contributed by atoms with Gasteiger partial charge in [-0.3, -0.25) is 0 Å². The van der Waals surface area contributed by atoms with Gasteiger partial charge in [-0.15, -0.1) is 0 Å². The molecular formula is C108H32. The molecule has 464 valence electrons. The first-order chi connectivity index (χ1) is 53.7. The summed E-state index contributed by atoms with van der Waals surface area (Å²) >= 11 is 0. The quantitative estimate of drug-likeness (QED) is 0.105. The molecule has 0 nitrogen and oxygen atoms in total. The van der Waals surface area contributed by atoms with Crippen LogP contribution in [0.15, 0.2) is 133 Å². The zero-order chi connectivity index (χ0) is 65.7. The van der Waals surface area contributed by atoms with Crippen molar-refractivity contribution in [1.29, 1.82) is 0 Å². The van der Waals surface area contributed by atoms with E-state index >= 15 is 0 Å². The van der Waals surface area contributed by atoms with Crippen LogP contribution in [-0.4, -0.2) is 0 Å². The van der Waals surface area contributed by atoms with Crippen molar-refractivity contribution in [1.82, 2.24) is 0 Å². The molecule has 34 aromatic carbocycles. The van der Waals surface area contributed by atoms with Crippen LogP contribution >= 0.6 is 0 Å². The molecule has 2 atom stereocenters. The van der Waals surface area contributed by atoms with Crippen molar-refractivity contribution in [3.8, 4) is 11.1 Å². The second-order valence-corrected chi connectivity index (χ2v) is 37.3. The average molecular weight is 1330 g/mol. The van der Waals surface area contributed by atoms with Gasteiger partial charge in [0.2, 0.25) is 0 Å². The lowest BCUT2D eigenvalue weighted by Crippen LogP contribution is -2.27. The van der Waals surface area contributed by atoms with Crippen LogP contribution < -0.4 is 0 Å². The first-order valence-electron chi connectivity index (χ1n) is 40.1. The molecule has 0 saturated carbocycles. The van der Waals surface area contributed by atoms with Crippen molar-refractivity contribution in [2.24, 2.45) is 0 Å². The van der Waals surface area contributed by atoms with E-state index < -0.39 is 0 Å². The largest absolute Gasteiger partial charge is 0.0613 e. The highest BCUT2D eigenvalue weighted by Gasteiger charge is 2.54. The maximum absolute atomic E-state index is 2.83. The second kappa shape index (κ2) is 12.0. The minimum Gasteiger partial charge on any atom is -0.0613 e. The molecule has 0 bridgehead atoms. The first kappa shape index (κ1) is 45.2. The predicted octanol–water partition coefficient (Wildman–Crippen LogP) is 29.1. The van der Waals surface area contributed by atoms with E-state index in [2.05, 4.69) is 133 Å². The Labute approximate surface area is 600 Å². The Balaban J connectivity index is 0.930. The standard InChI is InChI=1S/C108H32/c1-3-27-15-33-23-47-49-25-35-17-29-7-12-42-44-14-10-32-20-38-22-46-40-6-2-4-28-16-34-24-48-50-26-36-18-30-8-11-41-43-13-9-31-19-37-21-45-39(5-1)51(27)57(33)75-67(45)79-61(37)73-55(31)65(43)83-81-63(41)54(30)60(36)78-72(50)88-86-70(48)76(58(34)52(28)40)68(46)80-62(38)74-56(32)66(44)84-82-64(42)53(29)59(35)77-71(49)87-85(69(47)75)93(79)99-89(73)95(83)103-102(92(78)81)98(88)106-100(94(80)86)90(74)96(84)104-101(91(77)82)97(87)105(99)107(103)108(104)106/h1-14,19-26,91,101H,15-18H2. The van der Waals surface area contributed by atoms with Crippen molar-refractivity contribution in [3.05, 3.63) is 200 Å². The highest BCUT2D eigenvalue weighted by molar-refractivity contribution is 6.73. The molecule has 0 heterocycles. The smallest absolute Gasteiger partial charge is 0.0225 e. The van der Waals surface area contributed by atoms with Gasteiger partial charge in [0.1, 0.15) is 0 Å². The number of hydrogen-bond acceptors (Lipinski definition) is 0. The Hall–Kier alpha value is -13.3. The van der Waals surface area contributed by atoms with E-state index in [1.165, 1.54) is 179 Å². The summed E-state index contributed by atoms with van der Waals surface area (Å²) in [7, 11) is 0. The number of fused-ring (bicyclic) bond motifs is 6. The Morgan fingerprint density at radius 2 is 0.426 bits per heavy atom.